The van der Waals surface area contributed by atoms with Gasteiger partial charge in [0.05, 0.1) is 6.04 Å². The minimum atomic E-state index is 0.106. The van der Waals surface area contributed by atoms with Crippen LogP contribution in [0.1, 0.15) is 38.1 Å². The van der Waals surface area contributed by atoms with E-state index in [0.29, 0.717) is 6.42 Å². The lowest BCUT2D eigenvalue weighted by molar-refractivity contribution is -0.122. The Bertz CT molecular complexity index is 311. The molecule has 2 N–H and O–H groups in total. The maximum Gasteiger partial charge on any atom is 0.222 e. The summed E-state index contributed by atoms with van der Waals surface area (Å²) in [5.41, 5.74) is 0. The molecule has 0 saturated heterocycles. The van der Waals surface area contributed by atoms with E-state index in [1.165, 1.54) is 4.88 Å². The summed E-state index contributed by atoms with van der Waals surface area (Å²) in [5.74, 6) is 0.106. The molecule has 0 spiro atoms. The quantitative estimate of drug-likeness (QED) is 0.801. The highest BCUT2D eigenvalue weighted by Gasteiger charge is 2.12. The summed E-state index contributed by atoms with van der Waals surface area (Å²) in [6, 6.07) is 4.40. The summed E-state index contributed by atoms with van der Waals surface area (Å²) >= 11 is 1.67. The normalized spacial score (nSPS) is 14.4. The molecule has 1 aromatic rings. The number of thiophene rings is 1. The highest BCUT2D eigenvalue weighted by atomic mass is 32.1. The van der Waals surface area contributed by atoms with Crippen molar-refractivity contribution in [1.29, 1.82) is 0 Å². The molecule has 1 heterocycles. The summed E-state index contributed by atoms with van der Waals surface area (Å²) < 4.78 is 0. The van der Waals surface area contributed by atoms with E-state index in [1.54, 1.807) is 11.3 Å². The third-order valence-corrected chi connectivity index (χ3v) is 3.45. The SMILES string of the molecule is CCNC(C)CC(=O)NC(C)c1cccs1. The van der Waals surface area contributed by atoms with Crippen LogP contribution in [0.15, 0.2) is 17.5 Å². The van der Waals surface area contributed by atoms with Gasteiger partial charge in [-0.15, -0.1) is 11.3 Å². The number of amides is 1. The second-order valence-electron chi connectivity index (χ2n) is 3.97. The Balaban J connectivity index is 2.34. The van der Waals surface area contributed by atoms with Gasteiger partial charge < -0.3 is 10.6 Å². The smallest absolute Gasteiger partial charge is 0.222 e. The van der Waals surface area contributed by atoms with Crippen molar-refractivity contribution in [2.24, 2.45) is 0 Å². The number of carbonyl (C=O) groups is 1. The molecule has 0 aromatic carbocycles. The van der Waals surface area contributed by atoms with Crippen molar-refractivity contribution in [1.82, 2.24) is 10.6 Å². The van der Waals surface area contributed by atoms with Crippen molar-refractivity contribution in [3.05, 3.63) is 22.4 Å². The number of nitrogens with one attached hydrogen (secondary N) is 2. The van der Waals surface area contributed by atoms with Gasteiger partial charge in [0.2, 0.25) is 5.91 Å². The summed E-state index contributed by atoms with van der Waals surface area (Å²) in [5, 5.41) is 8.26. The van der Waals surface area contributed by atoms with Crippen LogP contribution in [0.25, 0.3) is 0 Å². The van der Waals surface area contributed by atoms with Gasteiger partial charge in [0.1, 0.15) is 0 Å². The maximum atomic E-state index is 11.7. The van der Waals surface area contributed by atoms with Crippen molar-refractivity contribution in [2.45, 2.75) is 39.3 Å². The van der Waals surface area contributed by atoms with Gasteiger partial charge in [0.25, 0.3) is 0 Å². The standard InChI is InChI=1S/C12H20N2OS/c1-4-13-9(2)8-12(15)14-10(3)11-6-5-7-16-11/h5-7,9-10,13H,4,8H2,1-3H3,(H,14,15). The molecule has 16 heavy (non-hydrogen) atoms. The van der Waals surface area contributed by atoms with Crippen LogP contribution in [0.4, 0.5) is 0 Å². The Morgan fingerprint density at radius 3 is 2.81 bits per heavy atom. The van der Waals surface area contributed by atoms with Gasteiger partial charge >= 0.3 is 0 Å². The Morgan fingerprint density at radius 2 is 2.25 bits per heavy atom. The summed E-state index contributed by atoms with van der Waals surface area (Å²) in [7, 11) is 0. The first-order valence-electron chi connectivity index (χ1n) is 5.69. The molecule has 0 bridgehead atoms. The molecule has 90 valence electrons. The third-order valence-electron chi connectivity index (χ3n) is 2.39. The van der Waals surface area contributed by atoms with Crippen LogP contribution in [-0.2, 0) is 4.79 Å². The van der Waals surface area contributed by atoms with Crippen molar-refractivity contribution in [3.8, 4) is 0 Å². The van der Waals surface area contributed by atoms with Gasteiger partial charge in [-0.1, -0.05) is 13.0 Å². The number of hydrogen-bond acceptors (Lipinski definition) is 3. The number of hydrogen-bond donors (Lipinski definition) is 2. The highest BCUT2D eigenvalue weighted by molar-refractivity contribution is 7.10. The molecular weight excluding hydrogens is 220 g/mol. The molecule has 0 radical (unpaired) electrons. The molecular formula is C12H20N2OS. The Hall–Kier alpha value is -0.870. The average molecular weight is 240 g/mol. The third kappa shape index (κ3) is 4.33. The van der Waals surface area contributed by atoms with E-state index in [-0.39, 0.29) is 18.0 Å². The van der Waals surface area contributed by atoms with Gasteiger partial charge in [-0.25, -0.2) is 0 Å². The molecule has 4 heteroatoms. The molecule has 2 atom stereocenters. The minimum Gasteiger partial charge on any atom is -0.349 e. The average Bonchev–Trinajstić information content (AvgIpc) is 2.69. The lowest BCUT2D eigenvalue weighted by Gasteiger charge is -2.15. The lowest BCUT2D eigenvalue weighted by Crippen LogP contribution is -2.34. The molecule has 0 aliphatic heterocycles. The van der Waals surface area contributed by atoms with E-state index in [2.05, 4.69) is 10.6 Å². The van der Waals surface area contributed by atoms with Crippen LogP contribution in [0.5, 0.6) is 0 Å². The first-order chi connectivity index (χ1) is 7.63. The van der Waals surface area contributed by atoms with E-state index in [0.717, 1.165) is 6.54 Å². The van der Waals surface area contributed by atoms with Crippen LogP contribution in [0, 0.1) is 0 Å². The fraction of sp³-hybridized carbons (Fsp3) is 0.583. The topological polar surface area (TPSA) is 41.1 Å². The van der Waals surface area contributed by atoms with Gasteiger partial charge in [-0.2, -0.15) is 0 Å². The highest BCUT2D eigenvalue weighted by Crippen LogP contribution is 2.18. The molecule has 0 aliphatic rings. The first-order valence-corrected chi connectivity index (χ1v) is 6.57. The second kappa shape index (κ2) is 6.66. The molecule has 3 nitrogen and oxygen atoms in total. The largest absolute Gasteiger partial charge is 0.349 e. The fourth-order valence-corrected chi connectivity index (χ4v) is 2.34. The Labute approximate surface area is 101 Å². The summed E-state index contributed by atoms with van der Waals surface area (Å²) in [6.45, 7) is 6.98. The molecule has 0 aliphatic carbocycles. The van der Waals surface area contributed by atoms with Gasteiger partial charge in [-0.05, 0) is 31.8 Å². The van der Waals surface area contributed by atoms with Crippen LogP contribution in [0.3, 0.4) is 0 Å². The predicted octanol–water partition coefficient (Wildman–Crippen LogP) is 2.31. The van der Waals surface area contributed by atoms with Crippen molar-refractivity contribution in [3.63, 3.8) is 0 Å². The molecule has 2 unspecified atom stereocenters. The zero-order chi connectivity index (χ0) is 12.0. The number of carbonyl (C=O) groups excluding carboxylic acids is 1. The van der Waals surface area contributed by atoms with Gasteiger partial charge in [-0.3, -0.25) is 4.79 Å². The van der Waals surface area contributed by atoms with Crippen molar-refractivity contribution < 1.29 is 4.79 Å². The zero-order valence-electron chi connectivity index (χ0n) is 10.1. The van der Waals surface area contributed by atoms with E-state index < -0.39 is 0 Å². The molecule has 1 aromatic heterocycles. The van der Waals surface area contributed by atoms with Gasteiger partial charge in [0.15, 0.2) is 0 Å². The van der Waals surface area contributed by atoms with Crippen molar-refractivity contribution >= 4 is 17.2 Å². The maximum absolute atomic E-state index is 11.7. The van der Waals surface area contributed by atoms with E-state index in [1.807, 2.05) is 38.3 Å². The zero-order valence-corrected chi connectivity index (χ0v) is 10.9. The van der Waals surface area contributed by atoms with E-state index in [9.17, 15) is 4.79 Å². The minimum absolute atomic E-state index is 0.106. The Morgan fingerprint density at radius 1 is 1.50 bits per heavy atom. The van der Waals surface area contributed by atoms with Crippen LogP contribution < -0.4 is 10.6 Å². The number of rotatable bonds is 6. The summed E-state index contributed by atoms with van der Waals surface area (Å²) in [4.78, 5) is 12.9. The molecule has 1 amide bonds. The van der Waals surface area contributed by atoms with Crippen LogP contribution in [-0.4, -0.2) is 18.5 Å². The van der Waals surface area contributed by atoms with E-state index >= 15 is 0 Å². The monoisotopic (exact) mass is 240 g/mol. The predicted molar refractivity (Wildman–Crippen MR) is 68.6 cm³/mol. The van der Waals surface area contributed by atoms with Crippen molar-refractivity contribution in [2.75, 3.05) is 6.54 Å². The van der Waals surface area contributed by atoms with E-state index in [4.69, 9.17) is 0 Å². The molecule has 0 fully saturated rings. The first kappa shape index (κ1) is 13.2. The molecule has 0 saturated carbocycles. The van der Waals surface area contributed by atoms with Crippen LogP contribution >= 0.6 is 11.3 Å². The molecule has 1 rings (SSSR count). The fourth-order valence-electron chi connectivity index (χ4n) is 1.61. The van der Waals surface area contributed by atoms with Gasteiger partial charge in [0, 0.05) is 17.3 Å². The lowest BCUT2D eigenvalue weighted by atomic mass is 10.2. The second-order valence-corrected chi connectivity index (χ2v) is 4.95. The summed E-state index contributed by atoms with van der Waals surface area (Å²) in [6.07, 6.45) is 0.531. The van der Waals surface area contributed by atoms with Crippen LogP contribution in [0.2, 0.25) is 0 Å². The Kier molecular flexibility index (Phi) is 5.49.